The zero-order valence-electron chi connectivity index (χ0n) is 11.9. The average molecular weight is 289 g/mol. The third-order valence-corrected chi connectivity index (χ3v) is 3.84. The molecule has 0 bridgehead atoms. The van der Waals surface area contributed by atoms with Gasteiger partial charge >= 0.3 is 0 Å². The van der Waals surface area contributed by atoms with E-state index in [2.05, 4.69) is 5.16 Å². The molecule has 5 heteroatoms. The minimum absolute atomic E-state index is 0.272. The highest BCUT2D eigenvalue weighted by Crippen LogP contribution is 2.22. The Hall–Kier alpha value is -1.88. The van der Waals surface area contributed by atoms with Gasteiger partial charge in [0, 0.05) is 12.0 Å². The van der Waals surface area contributed by atoms with Gasteiger partial charge in [0.25, 0.3) is 0 Å². The Morgan fingerprint density at radius 2 is 2.19 bits per heavy atom. The van der Waals surface area contributed by atoms with Gasteiger partial charge in [-0.2, -0.15) is 0 Å². The van der Waals surface area contributed by atoms with E-state index in [4.69, 9.17) is 14.3 Å². The third-order valence-electron chi connectivity index (χ3n) is 3.84. The molecule has 1 aliphatic heterocycles. The summed E-state index contributed by atoms with van der Waals surface area (Å²) in [5.74, 6) is 0.739. The Bertz CT molecular complexity index is 523. The Kier molecular flexibility index (Phi) is 4.50. The van der Waals surface area contributed by atoms with Crippen molar-refractivity contribution in [3.63, 3.8) is 0 Å². The third kappa shape index (κ3) is 3.61. The first-order chi connectivity index (χ1) is 10.3. The minimum atomic E-state index is -0.463. The molecular formula is C16H19NO4. The summed E-state index contributed by atoms with van der Waals surface area (Å²) < 4.78 is 11.3. The van der Waals surface area contributed by atoms with Gasteiger partial charge in [0.2, 0.25) is 0 Å². The molecule has 112 valence electrons. The average Bonchev–Trinajstić information content (AvgIpc) is 3.19. The fourth-order valence-electron chi connectivity index (χ4n) is 2.66. The van der Waals surface area contributed by atoms with Crippen molar-refractivity contribution in [1.29, 1.82) is 0 Å². The SMILES string of the molecule is O=CC1CC(c2cccc(OCOC3CCCC3)c2)=NO1. The van der Waals surface area contributed by atoms with Gasteiger partial charge in [-0.25, -0.2) is 0 Å². The van der Waals surface area contributed by atoms with Crippen molar-refractivity contribution in [2.45, 2.75) is 44.3 Å². The van der Waals surface area contributed by atoms with E-state index in [1.54, 1.807) is 0 Å². The van der Waals surface area contributed by atoms with E-state index < -0.39 is 6.10 Å². The fraction of sp³-hybridized carbons (Fsp3) is 0.500. The molecule has 21 heavy (non-hydrogen) atoms. The molecule has 1 fully saturated rings. The van der Waals surface area contributed by atoms with Crippen LogP contribution in [0.2, 0.25) is 0 Å². The maximum Gasteiger partial charge on any atom is 0.189 e. The molecule has 1 aliphatic carbocycles. The topological polar surface area (TPSA) is 57.1 Å². The molecule has 0 aromatic heterocycles. The summed E-state index contributed by atoms with van der Waals surface area (Å²) in [4.78, 5) is 15.7. The van der Waals surface area contributed by atoms with Gasteiger partial charge in [-0.05, 0) is 25.0 Å². The summed E-state index contributed by atoms with van der Waals surface area (Å²) >= 11 is 0. The summed E-state index contributed by atoms with van der Waals surface area (Å²) in [6.07, 6.45) is 5.91. The molecule has 1 saturated carbocycles. The lowest BCUT2D eigenvalue weighted by atomic mass is 10.1. The number of rotatable bonds is 6. The van der Waals surface area contributed by atoms with Crippen molar-refractivity contribution < 1.29 is 19.1 Å². The van der Waals surface area contributed by atoms with Gasteiger partial charge in [0.15, 0.2) is 19.2 Å². The highest BCUT2D eigenvalue weighted by Gasteiger charge is 2.21. The van der Waals surface area contributed by atoms with Crippen LogP contribution in [0.3, 0.4) is 0 Å². The van der Waals surface area contributed by atoms with Crippen LogP contribution in [0.1, 0.15) is 37.7 Å². The van der Waals surface area contributed by atoms with Crippen LogP contribution >= 0.6 is 0 Å². The van der Waals surface area contributed by atoms with E-state index in [0.29, 0.717) is 12.5 Å². The summed E-state index contributed by atoms with van der Waals surface area (Å²) in [5.41, 5.74) is 1.69. The van der Waals surface area contributed by atoms with Crippen molar-refractivity contribution in [1.82, 2.24) is 0 Å². The molecule has 1 aromatic carbocycles. The molecule has 1 heterocycles. The van der Waals surface area contributed by atoms with Crippen molar-refractivity contribution in [3.8, 4) is 5.75 Å². The van der Waals surface area contributed by atoms with Crippen LogP contribution in [-0.4, -0.2) is 31.0 Å². The molecule has 0 N–H and O–H groups in total. The zero-order valence-corrected chi connectivity index (χ0v) is 11.9. The quantitative estimate of drug-likeness (QED) is 0.597. The Morgan fingerprint density at radius 1 is 1.33 bits per heavy atom. The molecular weight excluding hydrogens is 270 g/mol. The van der Waals surface area contributed by atoms with E-state index in [-0.39, 0.29) is 6.79 Å². The van der Waals surface area contributed by atoms with E-state index >= 15 is 0 Å². The second-order valence-electron chi connectivity index (χ2n) is 5.39. The second kappa shape index (κ2) is 6.72. The lowest BCUT2D eigenvalue weighted by molar-refractivity contribution is -0.116. The maximum atomic E-state index is 10.7. The number of carbonyl (C=O) groups excluding carboxylic acids is 1. The van der Waals surface area contributed by atoms with Gasteiger partial charge in [-0.3, -0.25) is 4.79 Å². The molecule has 2 aliphatic rings. The van der Waals surface area contributed by atoms with E-state index in [1.807, 2.05) is 24.3 Å². The number of benzene rings is 1. The fourth-order valence-corrected chi connectivity index (χ4v) is 2.66. The second-order valence-corrected chi connectivity index (χ2v) is 5.39. The molecule has 3 rings (SSSR count). The summed E-state index contributed by atoms with van der Waals surface area (Å²) in [5, 5.41) is 3.94. The van der Waals surface area contributed by atoms with Crippen LogP contribution in [0.5, 0.6) is 5.75 Å². The van der Waals surface area contributed by atoms with Crippen molar-refractivity contribution in [2.75, 3.05) is 6.79 Å². The minimum Gasteiger partial charge on any atom is -0.468 e. The molecule has 0 spiro atoms. The smallest absolute Gasteiger partial charge is 0.189 e. The Morgan fingerprint density at radius 3 is 2.95 bits per heavy atom. The molecule has 1 unspecified atom stereocenters. The molecule has 1 atom stereocenters. The Labute approximate surface area is 123 Å². The van der Waals surface area contributed by atoms with E-state index in [9.17, 15) is 4.79 Å². The normalized spacial score (nSPS) is 21.9. The number of hydrogen-bond donors (Lipinski definition) is 0. The Balaban J connectivity index is 1.54. The first kappa shape index (κ1) is 14.1. The molecule has 0 amide bonds. The van der Waals surface area contributed by atoms with Crippen LogP contribution in [0.15, 0.2) is 29.4 Å². The predicted molar refractivity (Wildman–Crippen MR) is 77.4 cm³/mol. The lowest BCUT2D eigenvalue weighted by Crippen LogP contribution is -2.13. The van der Waals surface area contributed by atoms with E-state index in [0.717, 1.165) is 36.2 Å². The van der Waals surface area contributed by atoms with Crippen molar-refractivity contribution >= 4 is 12.0 Å². The van der Waals surface area contributed by atoms with Crippen LogP contribution in [0.25, 0.3) is 0 Å². The standard InChI is InChI=1S/C16H19NO4/c18-10-15-9-16(17-21-15)12-4-3-7-14(8-12)20-11-19-13-5-1-2-6-13/h3-4,7-8,10,13,15H,1-2,5-6,9,11H2. The molecule has 5 nitrogen and oxygen atoms in total. The number of aldehydes is 1. The monoisotopic (exact) mass is 289 g/mol. The molecule has 0 radical (unpaired) electrons. The van der Waals surface area contributed by atoms with Crippen molar-refractivity contribution in [2.24, 2.45) is 5.16 Å². The van der Waals surface area contributed by atoms with Crippen molar-refractivity contribution in [3.05, 3.63) is 29.8 Å². The number of carbonyl (C=O) groups is 1. The van der Waals surface area contributed by atoms with Crippen LogP contribution in [0.4, 0.5) is 0 Å². The molecule has 1 aromatic rings. The summed E-state index contributed by atoms with van der Waals surface area (Å²) in [7, 11) is 0. The summed E-state index contributed by atoms with van der Waals surface area (Å²) in [6.45, 7) is 0.272. The van der Waals surface area contributed by atoms with Crippen LogP contribution in [-0.2, 0) is 14.4 Å². The lowest BCUT2D eigenvalue weighted by Gasteiger charge is -2.12. The van der Waals surface area contributed by atoms with Crippen LogP contribution in [0, 0.1) is 0 Å². The van der Waals surface area contributed by atoms with Gasteiger partial charge in [0.1, 0.15) is 5.75 Å². The first-order valence-electron chi connectivity index (χ1n) is 7.38. The number of oxime groups is 1. The predicted octanol–water partition coefficient (Wildman–Crippen LogP) is 2.67. The van der Waals surface area contributed by atoms with Gasteiger partial charge in [-0.15, -0.1) is 0 Å². The first-order valence-corrected chi connectivity index (χ1v) is 7.38. The highest BCUT2D eigenvalue weighted by molar-refractivity contribution is 6.02. The zero-order chi connectivity index (χ0) is 14.5. The number of nitrogens with zero attached hydrogens (tertiary/aromatic N) is 1. The maximum absolute atomic E-state index is 10.7. The van der Waals surface area contributed by atoms with Gasteiger partial charge in [0.05, 0.1) is 11.8 Å². The number of ether oxygens (including phenoxy) is 2. The van der Waals surface area contributed by atoms with E-state index in [1.165, 1.54) is 12.8 Å². The molecule has 0 saturated heterocycles. The van der Waals surface area contributed by atoms with Crippen LogP contribution < -0.4 is 4.74 Å². The van der Waals surface area contributed by atoms with Gasteiger partial charge < -0.3 is 14.3 Å². The van der Waals surface area contributed by atoms with Gasteiger partial charge in [-0.1, -0.05) is 30.1 Å². The highest BCUT2D eigenvalue weighted by atomic mass is 16.7. The summed E-state index contributed by atoms with van der Waals surface area (Å²) in [6, 6.07) is 7.61. The number of hydrogen-bond acceptors (Lipinski definition) is 5. The largest absolute Gasteiger partial charge is 0.468 e.